The van der Waals surface area contributed by atoms with Crippen molar-refractivity contribution in [2.45, 2.75) is 13.3 Å². The maximum absolute atomic E-state index is 5.17. The molecule has 62 valence electrons. The fourth-order valence-corrected chi connectivity index (χ4v) is 1.34. The van der Waals surface area contributed by atoms with E-state index in [9.17, 15) is 0 Å². The molecule has 0 aromatic carbocycles. The van der Waals surface area contributed by atoms with Crippen molar-refractivity contribution in [1.29, 1.82) is 0 Å². The van der Waals surface area contributed by atoms with Crippen molar-refractivity contribution in [2.24, 2.45) is 5.92 Å². The molecule has 1 atom stereocenters. The van der Waals surface area contributed by atoms with Gasteiger partial charge in [-0.25, -0.2) is 0 Å². The van der Waals surface area contributed by atoms with Gasteiger partial charge in [-0.2, -0.15) is 0 Å². The molecule has 0 radical (unpaired) electrons. The second-order valence-corrected chi connectivity index (χ2v) is 3.79. The van der Waals surface area contributed by atoms with Gasteiger partial charge >= 0.3 is 0 Å². The zero-order chi connectivity index (χ0) is 7.82. The molecular formula is C6H14INOS. The van der Waals surface area contributed by atoms with Crippen LogP contribution in [0.25, 0.3) is 0 Å². The normalized spacial score (nSPS) is 13.5. The topological polar surface area (TPSA) is 21.3 Å². The highest BCUT2D eigenvalue weighted by atomic mass is 127. The van der Waals surface area contributed by atoms with Crippen LogP contribution in [0.3, 0.4) is 0 Å². The quantitative estimate of drug-likeness (QED) is 0.593. The first-order valence-electron chi connectivity index (χ1n) is 3.36. The second-order valence-electron chi connectivity index (χ2n) is 2.34. The molecule has 4 heteroatoms. The smallest absolute Gasteiger partial charge is 0.0650 e. The summed E-state index contributed by atoms with van der Waals surface area (Å²) in [6, 6.07) is 0. The minimum Gasteiger partial charge on any atom is -0.320 e. The van der Waals surface area contributed by atoms with Crippen LogP contribution in [-0.4, -0.2) is 20.2 Å². The Morgan fingerprint density at radius 2 is 2.40 bits per heavy atom. The maximum atomic E-state index is 5.17. The summed E-state index contributed by atoms with van der Waals surface area (Å²) in [5.41, 5.74) is 0. The average Bonchev–Trinajstić information content (AvgIpc) is 1.97. The van der Waals surface area contributed by atoms with Gasteiger partial charge in [0, 0.05) is 21.2 Å². The van der Waals surface area contributed by atoms with Crippen LogP contribution in [0, 0.1) is 5.92 Å². The van der Waals surface area contributed by atoms with Gasteiger partial charge in [-0.05, 0) is 25.9 Å². The molecule has 0 aromatic rings. The van der Waals surface area contributed by atoms with E-state index in [1.807, 2.05) is 7.05 Å². The summed E-state index contributed by atoms with van der Waals surface area (Å²) in [5, 5.41) is 3.11. The van der Waals surface area contributed by atoms with Crippen molar-refractivity contribution in [2.75, 3.05) is 20.2 Å². The zero-order valence-electron chi connectivity index (χ0n) is 6.39. The lowest BCUT2D eigenvalue weighted by atomic mass is 10.1. The maximum Gasteiger partial charge on any atom is 0.0650 e. The van der Waals surface area contributed by atoms with Crippen molar-refractivity contribution >= 4 is 30.4 Å². The summed E-state index contributed by atoms with van der Waals surface area (Å²) < 4.78 is 5.17. The van der Waals surface area contributed by atoms with Crippen LogP contribution >= 0.6 is 30.4 Å². The number of hydrogen-bond donors (Lipinski definition) is 1. The lowest BCUT2D eigenvalue weighted by Crippen LogP contribution is -2.13. The molecule has 10 heavy (non-hydrogen) atoms. The fraction of sp³-hybridized carbons (Fsp3) is 1.00. The lowest BCUT2D eigenvalue weighted by molar-refractivity contribution is 0.295. The minimum atomic E-state index is 0.662. The third-order valence-corrected chi connectivity index (χ3v) is 2.27. The van der Waals surface area contributed by atoms with Crippen LogP contribution in [0.15, 0.2) is 0 Å². The Labute approximate surface area is 79.3 Å². The average molecular weight is 275 g/mol. The van der Waals surface area contributed by atoms with E-state index in [4.69, 9.17) is 4.18 Å². The summed E-state index contributed by atoms with van der Waals surface area (Å²) in [7, 11) is 3.39. The van der Waals surface area contributed by atoms with Crippen LogP contribution in [-0.2, 0) is 4.18 Å². The van der Waals surface area contributed by atoms with Crippen LogP contribution < -0.4 is 5.32 Å². The highest BCUT2D eigenvalue weighted by Gasteiger charge is 2.00. The standard InChI is InChI=1S/C6H14INOS/c1-6(3-4-8-2)5-9-10-7/h6,8H,3-5H2,1-2H3. The van der Waals surface area contributed by atoms with Crippen LogP contribution in [0.2, 0.25) is 0 Å². The largest absolute Gasteiger partial charge is 0.320 e. The van der Waals surface area contributed by atoms with Gasteiger partial charge in [0.1, 0.15) is 0 Å². The van der Waals surface area contributed by atoms with E-state index in [0.29, 0.717) is 5.92 Å². The number of halogens is 1. The van der Waals surface area contributed by atoms with Crippen molar-refractivity contribution < 1.29 is 4.18 Å². The molecule has 0 aliphatic carbocycles. The predicted molar refractivity (Wildman–Crippen MR) is 55.3 cm³/mol. The summed E-state index contributed by atoms with van der Waals surface area (Å²) >= 11 is 2.14. The van der Waals surface area contributed by atoms with E-state index in [1.54, 1.807) is 0 Å². The highest BCUT2D eigenvalue weighted by molar-refractivity contribution is 14.2. The van der Waals surface area contributed by atoms with Crippen LogP contribution in [0.5, 0.6) is 0 Å². The van der Waals surface area contributed by atoms with Gasteiger partial charge in [-0.1, -0.05) is 6.92 Å². The van der Waals surface area contributed by atoms with Gasteiger partial charge in [0.15, 0.2) is 0 Å². The Morgan fingerprint density at radius 3 is 2.90 bits per heavy atom. The van der Waals surface area contributed by atoms with E-state index in [0.717, 1.165) is 13.2 Å². The SMILES string of the molecule is CNCCC(C)COSI. The first-order valence-corrected chi connectivity index (χ1v) is 6.64. The third kappa shape index (κ3) is 7.11. The monoisotopic (exact) mass is 275 g/mol. The molecule has 2 nitrogen and oxygen atoms in total. The predicted octanol–water partition coefficient (Wildman–Crippen LogP) is 2.25. The summed E-state index contributed by atoms with van der Waals surface area (Å²) in [5.74, 6) is 0.662. The number of hydrogen-bond acceptors (Lipinski definition) is 3. The van der Waals surface area contributed by atoms with Gasteiger partial charge < -0.3 is 9.50 Å². The van der Waals surface area contributed by atoms with Gasteiger partial charge in [0.25, 0.3) is 0 Å². The fourth-order valence-electron chi connectivity index (χ4n) is 0.616. The van der Waals surface area contributed by atoms with Crippen molar-refractivity contribution in [3.63, 3.8) is 0 Å². The summed E-state index contributed by atoms with van der Waals surface area (Å²) in [6.07, 6.45) is 1.19. The molecule has 0 rings (SSSR count). The third-order valence-electron chi connectivity index (χ3n) is 1.28. The Bertz CT molecular complexity index is 66.8. The lowest BCUT2D eigenvalue weighted by Gasteiger charge is -2.08. The van der Waals surface area contributed by atoms with Crippen LogP contribution in [0.1, 0.15) is 13.3 Å². The van der Waals surface area contributed by atoms with E-state index in [-0.39, 0.29) is 0 Å². The van der Waals surface area contributed by atoms with Crippen molar-refractivity contribution in [3.8, 4) is 0 Å². The molecule has 0 fully saturated rings. The van der Waals surface area contributed by atoms with E-state index < -0.39 is 0 Å². The molecule has 1 N–H and O–H groups in total. The molecular weight excluding hydrogens is 261 g/mol. The van der Waals surface area contributed by atoms with Gasteiger partial charge in [0.2, 0.25) is 0 Å². The molecule has 0 aromatic heterocycles. The van der Waals surface area contributed by atoms with E-state index in [2.05, 4.69) is 33.4 Å². The van der Waals surface area contributed by atoms with Crippen molar-refractivity contribution in [1.82, 2.24) is 5.32 Å². The Hall–Kier alpha value is 1.00. The highest BCUT2D eigenvalue weighted by Crippen LogP contribution is 2.14. The molecule has 0 heterocycles. The van der Waals surface area contributed by atoms with Crippen LogP contribution in [0.4, 0.5) is 0 Å². The van der Waals surface area contributed by atoms with Gasteiger partial charge in [-0.15, -0.1) is 0 Å². The Kier molecular flexibility index (Phi) is 8.91. The number of rotatable bonds is 6. The van der Waals surface area contributed by atoms with Gasteiger partial charge in [-0.3, -0.25) is 0 Å². The molecule has 0 bridgehead atoms. The first-order chi connectivity index (χ1) is 4.81. The Balaban J connectivity index is 3.00. The molecule has 1 unspecified atom stereocenters. The number of nitrogens with one attached hydrogen (secondary N) is 1. The summed E-state index contributed by atoms with van der Waals surface area (Å²) in [4.78, 5) is 0. The molecule has 0 amide bonds. The molecule has 0 saturated carbocycles. The Morgan fingerprint density at radius 1 is 1.70 bits per heavy atom. The zero-order valence-corrected chi connectivity index (χ0v) is 9.37. The molecule has 0 aliphatic heterocycles. The van der Waals surface area contributed by atoms with E-state index >= 15 is 0 Å². The summed E-state index contributed by atoms with van der Waals surface area (Å²) in [6.45, 7) is 4.13. The van der Waals surface area contributed by atoms with E-state index in [1.165, 1.54) is 15.6 Å². The first kappa shape index (κ1) is 11.0. The molecule has 0 aliphatic rings. The molecule has 0 saturated heterocycles. The van der Waals surface area contributed by atoms with Crippen molar-refractivity contribution in [3.05, 3.63) is 0 Å². The van der Waals surface area contributed by atoms with Gasteiger partial charge in [0.05, 0.1) is 15.8 Å². The minimum absolute atomic E-state index is 0.662. The second kappa shape index (κ2) is 8.10. The molecule has 0 spiro atoms.